The van der Waals surface area contributed by atoms with Crippen LogP contribution in [-0.2, 0) is 46.1 Å². The van der Waals surface area contributed by atoms with Crippen LogP contribution in [0.15, 0.2) is 48.0 Å². The monoisotopic (exact) mass is 1150 g/mol. The van der Waals surface area contributed by atoms with Gasteiger partial charge in [-0.15, -0.1) is 0 Å². The van der Waals surface area contributed by atoms with Gasteiger partial charge in [-0.2, -0.15) is 12.8 Å². The van der Waals surface area contributed by atoms with Crippen molar-refractivity contribution in [2.75, 3.05) is 0 Å². The van der Waals surface area contributed by atoms with Gasteiger partial charge in [-0.1, -0.05) is 298 Å². The zero-order chi connectivity index (χ0) is 55.4. The fraction of sp³-hybridized carbons (Fsp3) is 0.757. The maximum absolute atomic E-state index is 11.8. The molecule has 2 nitrogen and oxygen atoms in total. The summed E-state index contributed by atoms with van der Waals surface area (Å²) < 4.78 is 1.52. The number of nitrogens with zero attached hydrogens (tertiary/aromatic N) is 2. The van der Waals surface area contributed by atoms with Gasteiger partial charge in [0.05, 0.1) is 0 Å². The van der Waals surface area contributed by atoms with E-state index in [4.69, 9.17) is 0 Å². The molecule has 0 radical (unpaired) electrons. The van der Waals surface area contributed by atoms with Crippen LogP contribution in [0.25, 0.3) is 16.9 Å². The Morgan fingerprint density at radius 1 is 0.299 bits per heavy atom. The van der Waals surface area contributed by atoms with Gasteiger partial charge in [0, 0.05) is 22.8 Å². The molecule has 0 aliphatic carbocycles. The Hall–Kier alpha value is -1.82. The zero-order valence-electron chi connectivity index (χ0n) is 52.8. The van der Waals surface area contributed by atoms with E-state index in [0.717, 1.165) is 74.7 Å². The quantitative estimate of drug-likeness (QED) is 0.0273. The summed E-state index contributed by atoms with van der Waals surface area (Å²) in [6, 6.07) is 14.1. The third-order valence-electron chi connectivity index (χ3n) is 16.0. The molecule has 0 amide bonds. The smallest absolute Gasteiger partial charge is 0.493 e. The van der Waals surface area contributed by atoms with E-state index in [0.29, 0.717) is 0 Å². The van der Waals surface area contributed by atoms with Crippen LogP contribution in [0.1, 0.15) is 371 Å². The molecule has 0 fully saturated rings. The molecule has 1 aliphatic rings. The summed E-state index contributed by atoms with van der Waals surface area (Å²) in [5.41, 5.74) is 23.0. The van der Waals surface area contributed by atoms with Crippen molar-refractivity contribution in [3.63, 3.8) is 0 Å². The molecule has 446 valence electrons. The molecule has 2 aromatic carbocycles. The normalized spacial score (nSPS) is 12.1. The summed E-state index contributed by atoms with van der Waals surface area (Å²) in [5.74, 6) is 0. The standard InChI is InChI=1S/C36H52N2.2C19H39.Pd/c1-6-11-16-28-21-29(17-12-7-2)24-33(23-28)35-27-32(20-15-10-5)36(38(35)37)34-25-30(18-13-8-3)22-31(26-34)19-14-9-4;2*1-3-5-7-9-11-13-15-17-19-18-16-14-12-10-8-6-4-2;/h21-27H,6-20H2,1-5H3;2*1,3-19H2,2H3;/q;2*-1;+2. The molecule has 0 saturated carbocycles. The molecule has 1 aliphatic heterocycles. The maximum Gasteiger partial charge on any atom is 2.00 e. The van der Waals surface area contributed by atoms with Gasteiger partial charge in [0.1, 0.15) is 0 Å². The molecule has 0 atom stereocenters. The van der Waals surface area contributed by atoms with Crippen molar-refractivity contribution in [3.05, 3.63) is 101 Å². The Labute approximate surface area is 497 Å². The molecule has 0 saturated heterocycles. The summed E-state index contributed by atoms with van der Waals surface area (Å²) in [6.07, 6.45) is 68.2. The SMILES string of the molecule is CCCCC1=C(c2cc(CCCC)cc(CCCC)c2)[N+](=[N-])C(c2cc(CCCC)cc(CCCC)c2)=C1.[CH2-]CCCCCCCCCCCCCCCCCC.[CH2-]CCCCCCCCCCCCCCCCCC.[Pd+2]. The van der Waals surface area contributed by atoms with E-state index in [1.807, 2.05) is 0 Å². The minimum absolute atomic E-state index is 0. The number of hydrogen-bond donors (Lipinski definition) is 0. The van der Waals surface area contributed by atoms with Crippen molar-refractivity contribution >= 4 is 11.4 Å². The van der Waals surface area contributed by atoms with Gasteiger partial charge in [-0.25, -0.2) is 4.70 Å². The van der Waals surface area contributed by atoms with E-state index in [1.165, 1.54) is 295 Å². The van der Waals surface area contributed by atoms with Crippen LogP contribution in [0.5, 0.6) is 0 Å². The zero-order valence-corrected chi connectivity index (χ0v) is 54.4. The van der Waals surface area contributed by atoms with Crippen molar-refractivity contribution in [2.24, 2.45) is 0 Å². The molecule has 3 heteroatoms. The topological polar surface area (TPSA) is 25.3 Å². The van der Waals surface area contributed by atoms with Crippen LogP contribution in [0.2, 0.25) is 0 Å². The number of allylic oxidation sites excluding steroid dienone is 2. The van der Waals surface area contributed by atoms with Crippen LogP contribution in [0, 0.1) is 13.8 Å². The third kappa shape index (κ3) is 40.1. The van der Waals surface area contributed by atoms with Gasteiger partial charge >= 0.3 is 20.4 Å². The van der Waals surface area contributed by atoms with Crippen molar-refractivity contribution in [2.45, 2.75) is 363 Å². The minimum Gasteiger partial charge on any atom is -0.493 e. The number of hydrogen-bond acceptors (Lipinski definition) is 0. The first-order valence-corrected chi connectivity index (χ1v) is 34.2. The van der Waals surface area contributed by atoms with Gasteiger partial charge in [0.15, 0.2) is 0 Å². The maximum atomic E-state index is 11.8. The first-order chi connectivity index (χ1) is 37.4. The first-order valence-electron chi connectivity index (χ1n) is 34.2. The van der Waals surface area contributed by atoms with Crippen molar-refractivity contribution in [1.82, 2.24) is 0 Å². The number of unbranched alkanes of at least 4 members (excludes halogenated alkanes) is 37. The van der Waals surface area contributed by atoms with Gasteiger partial charge in [-0.05, 0) is 111 Å². The van der Waals surface area contributed by atoms with E-state index >= 15 is 0 Å². The molecular formula is C74H130N2Pd. The Balaban J connectivity index is 0.00000125. The molecule has 0 spiro atoms. The van der Waals surface area contributed by atoms with Crippen LogP contribution >= 0.6 is 0 Å². The summed E-state index contributed by atoms with van der Waals surface area (Å²) in [4.78, 5) is 0. The molecule has 77 heavy (non-hydrogen) atoms. The van der Waals surface area contributed by atoms with E-state index in [1.54, 1.807) is 0 Å². The Morgan fingerprint density at radius 3 is 0.792 bits per heavy atom. The molecule has 0 unspecified atom stereocenters. The molecule has 0 N–H and O–H groups in total. The predicted octanol–water partition coefficient (Wildman–Crippen LogP) is 26.0. The van der Waals surface area contributed by atoms with Crippen LogP contribution in [0.4, 0.5) is 0 Å². The summed E-state index contributed by atoms with van der Waals surface area (Å²) in [5, 5.41) is 0. The second-order valence-electron chi connectivity index (χ2n) is 23.6. The fourth-order valence-corrected chi connectivity index (χ4v) is 11.0. The van der Waals surface area contributed by atoms with E-state index < -0.39 is 0 Å². The molecule has 3 rings (SSSR count). The number of aryl methyl sites for hydroxylation is 4. The van der Waals surface area contributed by atoms with Gasteiger partial charge in [0.25, 0.3) is 0 Å². The molecular weight excluding hydrogens is 1020 g/mol. The summed E-state index contributed by atoms with van der Waals surface area (Å²) in [7, 11) is 0. The van der Waals surface area contributed by atoms with E-state index in [2.05, 4.69) is 105 Å². The van der Waals surface area contributed by atoms with Crippen LogP contribution < -0.4 is 0 Å². The first kappa shape index (κ1) is 75.2. The van der Waals surface area contributed by atoms with Crippen molar-refractivity contribution in [3.8, 4) is 0 Å². The Kier molecular flexibility index (Phi) is 54.7. The molecule has 1 heterocycles. The van der Waals surface area contributed by atoms with Crippen LogP contribution in [0.3, 0.4) is 0 Å². The van der Waals surface area contributed by atoms with Gasteiger partial charge in [0.2, 0.25) is 11.4 Å². The summed E-state index contributed by atoms with van der Waals surface area (Å²) >= 11 is 0. The second-order valence-corrected chi connectivity index (χ2v) is 23.6. The number of rotatable bonds is 49. The van der Waals surface area contributed by atoms with E-state index in [9.17, 15) is 5.53 Å². The number of benzene rings is 2. The minimum atomic E-state index is 0. The van der Waals surface area contributed by atoms with Gasteiger partial charge in [-0.3, -0.25) is 0 Å². The second kappa shape index (κ2) is 56.1. The molecule has 0 bridgehead atoms. The Morgan fingerprint density at radius 2 is 0.532 bits per heavy atom. The van der Waals surface area contributed by atoms with Crippen LogP contribution in [-0.4, -0.2) is 4.70 Å². The van der Waals surface area contributed by atoms with Gasteiger partial charge < -0.3 is 19.4 Å². The average molecular weight is 1150 g/mol. The third-order valence-corrected chi connectivity index (χ3v) is 16.0. The average Bonchev–Trinajstić information content (AvgIpc) is 3.77. The fourth-order valence-electron chi connectivity index (χ4n) is 11.0. The Bertz CT molecular complexity index is 1570. The molecule has 0 aromatic heterocycles. The van der Waals surface area contributed by atoms with E-state index in [-0.39, 0.29) is 20.4 Å². The molecule has 2 aromatic rings. The summed E-state index contributed by atoms with van der Waals surface area (Å²) in [6.45, 7) is 23.7. The largest absolute Gasteiger partial charge is 2.00 e. The predicted molar refractivity (Wildman–Crippen MR) is 344 cm³/mol. The van der Waals surface area contributed by atoms with Crippen molar-refractivity contribution in [1.29, 1.82) is 0 Å². The van der Waals surface area contributed by atoms with Crippen molar-refractivity contribution < 1.29 is 25.1 Å².